The van der Waals surface area contributed by atoms with Crippen LogP contribution in [0.15, 0.2) is 96.6 Å². The molecule has 1 N–H and O–H groups in total. The van der Waals surface area contributed by atoms with E-state index in [4.69, 9.17) is 21.7 Å². The molecule has 1 heterocycles. The van der Waals surface area contributed by atoms with E-state index in [9.17, 15) is 9.59 Å². The van der Waals surface area contributed by atoms with E-state index in [0.717, 1.165) is 12.0 Å². The molecule has 0 unspecified atom stereocenters. The first-order valence-corrected chi connectivity index (χ1v) is 10.9. The Morgan fingerprint density at radius 1 is 0.848 bits per heavy atom. The zero-order chi connectivity index (χ0) is 23.0. The fourth-order valence-corrected chi connectivity index (χ4v) is 3.57. The van der Waals surface area contributed by atoms with E-state index < -0.39 is 11.8 Å². The van der Waals surface area contributed by atoms with Crippen molar-refractivity contribution < 1.29 is 19.1 Å². The number of benzene rings is 3. The molecule has 0 aromatic heterocycles. The zero-order valence-electron chi connectivity index (χ0n) is 17.8. The average molecular weight is 459 g/mol. The monoisotopic (exact) mass is 458 g/mol. The Kier molecular flexibility index (Phi) is 7.24. The normalized spacial score (nSPS) is 15.0. The highest BCUT2D eigenvalue weighted by Gasteiger charge is 2.34. The lowest BCUT2D eigenvalue weighted by atomic mass is 10.1. The number of anilines is 1. The number of carbonyl (C=O) groups excluding carboxylic acids is 2. The molecule has 3 aromatic carbocycles. The number of rotatable bonds is 8. The zero-order valence-corrected chi connectivity index (χ0v) is 18.6. The summed E-state index contributed by atoms with van der Waals surface area (Å²) in [6.07, 6.45) is 2.24. The minimum Gasteiger partial charge on any atom is -0.457 e. The van der Waals surface area contributed by atoms with E-state index in [2.05, 4.69) is 5.32 Å². The third-order valence-electron chi connectivity index (χ3n) is 4.96. The molecule has 3 aromatic rings. The largest absolute Gasteiger partial charge is 0.457 e. The van der Waals surface area contributed by atoms with Crippen molar-refractivity contribution in [3.8, 4) is 11.5 Å². The van der Waals surface area contributed by atoms with Gasteiger partial charge in [-0.1, -0.05) is 48.5 Å². The average Bonchev–Trinajstić information content (AvgIpc) is 2.83. The molecule has 0 radical (unpaired) electrons. The Balaban J connectivity index is 1.39. The molecule has 1 aliphatic heterocycles. The van der Waals surface area contributed by atoms with Crippen molar-refractivity contribution in [3.63, 3.8) is 0 Å². The molecule has 0 atom stereocenters. The lowest BCUT2D eigenvalue weighted by molar-refractivity contribution is -0.122. The van der Waals surface area contributed by atoms with Crippen molar-refractivity contribution in [1.29, 1.82) is 0 Å². The number of para-hydroxylation sites is 1. The third-order valence-corrected chi connectivity index (χ3v) is 5.24. The molecule has 0 saturated carbocycles. The van der Waals surface area contributed by atoms with Gasteiger partial charge in [-0.25, -0.2) is 0 Å². The highest BCUT2D eigenvalue weighted by molar-refractivity contribution is 7.80. The topological polar surface area (TPSA) is 67.9 Å². The summed E-state index contributed by atoms with van der Waals surface area (Å²) in [7, 11) is 0. The minimum absolute atomic E-state index is 0.00655. The SMILES string of the molecule is O=C1NC(=S)N(c2ccc(Oc3ccccc3)cc2)C(=O)/C1=C/COCCc1ccccc1. The summed E-state index contributed by atoms with van der Waals surface area (Å²) >= 11 is 5.25. The smallest absolute Gasteiger partial charge is 0.269 e. The van der Waals surface area contributed by atoms with Gasteiger partial charge in [0.05, 0.1) is 18.9 Å². The Morgan fingerprint density at radius 3 is 2.18 bits per heavy atom. The van der Waals surface area contributed by atoms with Crippen molar-refractivity contribution in [2.45, 2.75) is 6.42 Å². The number of thiocarbonyl (C=S) groups is 1. The summed E-state index contributed by atoms with van der Waals surface area (Å²) in [5.41, 5.74) is 1.68. The molecule has 0 bridgehead atoms. The summed E-state index contributed by atoms with van der Waals surface area (Å²) in [4.78, 5) is 26.7. The van der Waals surface area contributed by atoms with Crippen LogP contribution in [0.3, 0.4) is 0 Å². The fraction of sp³-hybridized carbons (Fsp3) is 0.115. The van der Waals surface area contributed by atoms with Crippen LogP contribution < -0.4 is 15.0 Å². The van der Waals surface area contributed by atoms with Crippen molar-refractivity contribution in [1.82, 2.24) is 5.32 Å². The predicted octanol–water partition coefficient (Wildman–Crippen LogP) is 4.41. The number of carbonyl (C=O) groups is 2. The molecule has 0 aliphatic carbocycles. The number of amides is 2. The number of hydrogen-bond acceptors (Lipinski definition) is 5. The Hall–Kier alpha value is -3.81. The van der Waals surface area contributed by atoms with Crippen molar-refractivity contribution >= 4 is 34.8 Å². The van der Waals surface area contributed by atoms with Gasteiger partial charge in [-0.05, 0) is 66.7 Å². The fourth-order valence-electron chi connectivity index (χ4n) is 3.29. The molecule has 2 amide bonds. The lowest BCUT2D eigenvalue weighted by Gasteiger charge is -2.29. The van der Waals surface area contributed by atoms with Crippen molar-refractivity contribution in [3.05, 3.63) is 102 Å². The first-order valence-electron chi connectivity index (χ1n) is 10.5. The van der Waals surface area contributed by atoms with Crippen LogP contribution in [-0.4, -0.2) is 30.1 Å². The number of nitrogens with zero attached hydrogens (tertiary/aromatic N) is 1. The summed E-state index contributed by atoms with van der Waals surface area (Å²) in [6.45, 7) is 0.625. The molecule has 166 valence electrons. The Morgan fingerprint density at radius 2 is 1.48 bits per heavy atom. The second-order valence-electron chi connectivity index (χ2n) is 7.24. The quantitative estimate of drug-likeness (QED) is 0.234. The maximum absolute atomic E-state index is 13.0. The van der Waals surface area contributed by atoms with Crippen LogP contribution in [0.2, 0.25) is 0 Å². The molecule has 1 saturated heterocycles. The maximum Gasteiger partial charge on any atom is 0.269 e. The summed E-state index contributed by atoms with van der Waals surface area (Å²) in [5, 5.41) is 2.60. The van der Waals surface area contributed by atoms with E-state index in [-0.39, 0.29) is 17.3 Å². The van der Waals surface area contributed by atoms with Gasteiger partial charge < -0.3 is 9.47 Å². The number of nitrogens with one attached hydrogen (secondary N) is 1. The maximum atomic E-state index is 13.0. The van der Waals surface area contributed by atoms with E-state index in [1.54, 1.807) is 24.3 Å². The summed E-state index contributed by atoms with van der Waals surface area (Å²) in [5.74, 6) is 0.301. The van der Waals surface area contributed by atoms with E-state index in [0.29, 0.717) is 23.8 Å². The molecule has 1 fully saturated rings. The van der Waals surface area contributed by atoms with Crippen LogP contribution >= 0.6 is 12.2 Å². The first-order chi connectivity index (χ1) is 16.1. The number of hydrogen-bond donors (Lipinski definition) is 1. The molecular weight excluding hydrogens is 436 g/mol. The summed E-state index contributed by atoms with van der Waals surface area (Å²) in [6, 6.07) is 26.3. The molecular formula is C26H22N2O4S. The first kappa shape index (κ1) is 22.4. The van der Waals surface area contributed by atoms with Gasteiger partial charge in [-0.3, -0.25) is 19.8 Å². The Bertz CT molecular complexity index is 1160. The third kappa shape index (κ3) is 5.71. The van der Waals surface area contributed by atoms with Crippen LogP contribution in [0, 0.1) is 0 Å². The van der Waals surface area contributed by atoms with E-state index >= 15 is 0 Å². The lowest BCUT2D eigenvalue weighted by Crippen LogP contribution is -2.54. The van der Waals surface area contributed by atoms with Crippen LogP contribution in [0.4, 0.5) is 5.69 Å². The van der Waals surface area contributed by atoms with Gasteiger partial charge in [0.2, 0.25) is 0 Å². The van der Waals surface area contributed by atoms with Gasteiger partial charge in [-0.2, -0.15) is 0 Å². The highest BCUT2D eigenvalue weighted by atomic mass is 32.1. The predicted molar refractivity (Wildman–Crippen MR) is 130 cm³/mol. The van der Waals surface area contributed by atoms with Gasteiger partial charge in [0, 0.05) is 0 Å². The second kappa shape index (κ2) is 10.7. The summed E-state index contributed by atoms with van der Waals surface area (Å²) < 4.78 is 11.4. The molecule has 7 heteroatoms. The van der Waals surface area contributed by atoms with Gasteiger partial charge >= 0.3 is 0 Å². The van der Waals surface area contributed by atoms with E-state index in [1.165, 1.54) is 11.0 Å². The van der Waals surface area contributed by atoms with Crippen molar-refractivity contribution in [2.24, 2.45) is 0 Å². The molecule has 4 rings (SSSR count). The standard InChI is InChI=1S/C26H22N2O4S/c29-24-23(16-18-31-17-15-19-7-3-1-4-8-19)25(30)28(26(33)27-24)20-11-13-22(14-12-20)32-21-9-5-2-6-10-21/h1-14,16H,15,17-18H2,(H,27,29,33)/b23-16+. The van der Waals surface area contributed by atoms with Crippen LogP contribution in [0.5, 0.6) is 11.5 Å². The van der Waals surface area contributed by atoms with Gasteiger partial charge in [0.25, 0.3) is 11.8 Å². The van der Waals surface area contributed by atoms with Crippen LogP contribution in [0.1, 0.15) is 5.56 Å². The minimum atomic E-state index is -0.531. The molecule has 33 heavy (non-hydrogen) atoms. The van der Waals surface area contributed by atoms with E-state index in [1.807, 2.05) is 60.7 Å². The Labute approximate surface area is 197 Å². The molecule has 0 spiro atoms. The van der Waals surface area contributed by atoms with Crippen LogP contribution in [0.25, 0.3) is 0 Å². The van der Waals surface area contributed by atoms with Gasteiger partial charge in [0.15, 0.2) is 5.11 Å². The van der Waals surface area contributed by atoms with Crippen LogP contribution in [-0.2, 0) is 20.7 Å². The number of ether oxygens (including phenoxy) is 2. The highest BCUT2D eigenvalue weighted by Crippen LogP contribution is 2.26. The van der Waals surface area contributed by atoms with Gasteiger partial charge in [-0.15, -0.1) is 0 Å². The van der Waals surface area contributed by atoms with Gasteiger partial charge in [0.1, 0.15) is 17.1 Å². The molecule has 1 aliphatic rings. The second-order valence-corrected chi connectivity index (χ2v) is 7.62. The molecule has 6 nitrogen and oxygen atoms in total. The van der Waals surface area contributed by atoms with Crippen molar-refractivity contribution in [2.75, 3.05) is 18.1 Å².